The summed E-state index contributed by atoms with van der Waals surface area (Å²) in [4.78, 5) is 39.4. The summed E-state index contributed by atoms with van der Waals surface area (Å²) < 4.78 is 12.8. The number of halogens is 3. The Hall–Kier alpha value is -3.14. The van der Waals surface area contributed by atoms with Crippen molar-refractivity contribution in [3.05, 3.63) is 90.8 Å². The van der Waals surface area contributed by atoms with Gasteiger partial charge in [0.15, 0.2) is 11.5 Å². The maximum atomic E-state index is 13.3. The zero-order valence-electron chi connectivity index (χ0n) is 19.1. The van der Waals surface area contributed by atoms with E-state index in [1.54, 1.807) is 49.4 Å². The molecule has 4 amide bonds. The number of imide groups is 2. The second kappa shape index (κ2) is 10.9. The maximum Gasteiger partial charge on any atom is 0.335 e. The minimum absolute atomic E-state index is 0.196. The number of ether oxygens (including phenoxy) is 2. The Morgan fingerprint density at radius 1 is 1.06 bits per heavy atom. The highest BCUT2D eigenvalue weighted by Gasteiger charge is 2.37. The molecule has 0 saturated carbocycles. The van der Waals surface area contributed by atoms with Crippen molar-refractivity contribution in [1.82, 2.24) is 5.32 Å². The van der Waals surface area contributed by atoms with Gasteiger partial charge < -0.3 is 9.47 Å². The minimum atomic E-state index is -0.809. The molecule has 1 N–H and O–H groups in total. The summed E-state index contributed by atoms with van der Waals surface area (Å²) in [6.07, 6.45) is 1.40. The van der Waals surface area contributed by atoms with Crippen LogP contribution >= 0.6 is 43.5 Å². The van der Waals surface area contributed by atoms with Gasteiger partial charge in [0.1, 0.15) is 12.2 Å². The van der Waals surface area contributed by atoms with Gasteiger partial charge in [0.25, 0.3) is 11.8 Å². The fourth-order valence-corrected chi connectivity index (χ4v) is 4.92. The summed E-state index contributed by atoms with van der Waals surface area (Å²) in [7, 11) is 1.49. The minimum Gasteiger partial charge on any atom is -0.493 e. The molecular weight excluding hydrogens is 616 g/mol. The Balaban J connectivity index is 1.66. The first-order chi connectivity index (χ1) is 17.2. The molecule has 3 aromatic rings. The van der Waals surface area contributed by atoms with Gasteiger partial charge in [-0.1, -0.05) is 39.7 Å². The van der Waals surface area contributed by atoms with Crippen molar-refractivity contribution < 1.29 is 23.9 Å². The third-order valence-electron chi connectivity index (χ3n) is 5.34. The fourth-order valence-electron chi connectivity index (χ4n) is 3.66. The number of methoxy groups -OCH3 is 1. The molecule has 184 valence electrons. The van der Waals surface area contributed by atoms with Gasteiger partial charge in [0.2, 0.25) is 0 Å². The number of barbiturate groups is 1. The monoisotopic (exact) mass is 632 g/mol. The van der Waals surface area contributed by atoms with E-state index in [9.17, 15) is 14.4 Å². The number of amides is 4. The molecule has 0 bridgehead atoms. The molecule has 1 heterocycles. The van der Waals surface area contributed by atoms with Crippen LogP contribution in [0.3, 0.4) is 0 Å². The van der Waals surface area contributed by atoms with E-state index in [-0.39, 0.29) is 12.2 Å². The van der Waals surface area contributed by atoms with Gasteiger partial charge in [0.05, 0.1) is 17.3 Å². The van der Waals surface area contributed by atoms with E-state index < -0.39 is 17.8 Å². The molecule has 1 saturated heterocycles. The van der Waals surface area contributed by atoms with E-state index in [0.717, 1.165) is 14.9 Å². The SMILES string of the molecule is COc1cc(/C=C2/C(=O)NC(=O)N(c3ccc(Br)cc3C)C2=O)cc(Br)c1OCc1cccc(Cl)c1. The first-order valence-corrected chi connectivity index (χ1v) is 12.6. The second-order valence-electron chi connectivity index (χ2n) is 7.84. The summed E-state index contributed by atoms with van der Waals surface area (Å²) in [5, 5.41) is 2.84. The first-order valence-electron chi connectivity index (χ1n) is 10.6. The predicted octanol–water partition coefficient (Wildman–Crippen LogP) is 6.43. The highest BCUT2D eigenvalue weighted by atomic mass is 79.9. The van der Waals surface area contributed by atoms with E-state index in [0.29, 0.717) is 37.8 Å². The van der Waals surface area contributed by atoms with E-state index in [2.05, 4.69) is 37.2 Å². The summed E-state index contributed by atoms with van der Waals surface area (Å²) in [6.45, 7) is 2.02. The third-order valence-corrected chi connectivity index (χ3v) is 6.65. The van der Waals surface area contributed by atoms with Crippen molar-refractivity contribution in [3.8, 4) is 11.5 Å². The molecule has 4 rings (SSSR count). The van der Waals surface area contributed by atoms with E-state index in [1.165, 1.54) is 13.2 Å². The Morgan fingerprint density at radius 3 is 2.53 bits per heavy atom. The summed E-state index contributed by atoms with van der Waals surface area (Å²) in [5.74, 6) is -0.683. The van der Waals surface area contributed by atoms with Gasteiger partial charge in [0, 0.05) is 9.50 Å². The number of carbonyl (C=O) groups is 3. The zero-order valence-corrected chi connectivity index (χ0v) is 23.0. The number of aryl methyl sites for hydroxylation is 1. The predicted molar refractivity (Wildman–Crippen MR) is 144 cm³/mol. The van der Waals surface area contributed by atoms with Gasteiger partial charge in [-0.15, -0.1) is 0 Å². The molecule has 0 atom stereocenters. The van der Waals surface area contributed by atoms with Crippen LogP contribution in [-0.4, -0.2) is 25.0 Å². The van der Waals surface area contributed by atoms with Crippen molar-refractivity contribution in [1.29, 1.82) is 0 Å². The van der Waals surface area contributed by atoms with E-state index >= 15 is 0 Å². The molecule has 1 aliphatic heterocycles. The molecule has 1 aliphatic rings. The van der Waals surface area contributed by atoms with Crippen LogP contribution in [0.4, 0.5) is 10.5 Å². The molecule has 36 heavy (non-hydrogen) atoms. The summed E-state index contributed by atoms with van der Waals surface area (Å²) in [6, 6.07) is 14.9. The average molecular weight is 635 g/mol. The van der Waals surface area contributed by atoms with Gasteiger partial charge in [-0.3, -0.25) is 14.9 Å². The molecule has 1 fully saturated rings. The fraction of sp³-hybridized carbons (Fsp3) is 0.115. The van der Waals surface area contributed by atoms with Crippen LogP contribution in [0, 0.1) is 6.92 Å². The third kappa shape index (κ3) is 5.48. The van der Waals surface area contributed by atoms with E-state index in [4.69, 9.17) is 21.1 Å². The molecule has 3 aromatic carbocycles. The number of carbonyl (C=O) groups excluding carboxylic acids is 3. The lowest BCUT2D eigenvalue weighted by atomic mass is 10.1. The average Bonchev–Trinajstić information content (AvgIpc) is 2.82. The Kier molecular flexibility index (Phi) is 7.82. The van der Waals surface area contributed by atoms with Gasteiger partial charge in [-0.2, -0.15) is 0 Å². The highest BCUT2D eigenvalue weighted by Crippen LogP contribution is 2.38. The van der Waals surface area contributed by atoms with Crippen molar-refractivity contribution in [3.63, 3.8) is 0 Å². The van der Waals surface area contributed by atoms with Crippen molar-refractivity contribution >= 4 is 73.1 Å². The Labute approximate surface area is 229 Å². The standard InChI is InChI=1S/C26H19Br2ClN2O5/c1-14-8-17(27)6-7-21(14)31-25(33)19(24(32)30-26(31)34)10-16-11-20(28)23(22(12-16)35-2)36-13-15-4-3-5-18(29)9-15/h3-12H,13H2,1-2H3,(H,30,32,34)/b19-10-. The van der Waals surface area contributed by atoms with Crippen molar-refractivity contribution in [2.75, 3.05) is 12.0 Å². The first kappa shape index (κ1) is 25.9. The quantitative estimate of drug-likeness (QED) is 0.250. The lowest BCUT2D eigenvalue weighted by Gasteiger charge is -2.27. The smallest absolute Gasteiger partial charge is 0.335 e. The van der Waals surface area contributed by atoms with Crippen molar-refractivity contribution in [2.45, 2.75) is 13.5 Å². The number of rotatable bonds is 6. The number of benzene rings is 3. The molecular formula is C26H19Br2ClN2O5. The van der Waals surface area contributed by atoms with Crippen LogP contribution < -0.4 is 19.7 Å². The molecule has 0 aromatic heterocycles. The summed E-state index contributed by atoms with van der Waals surface area (Å²) in [5.41, 5.74) is 2.24. The Bertz CT molecular complexity index is 1420. The second-order valence-corrected chi connectivity index (χ2v) is 10.0. The van der Waals surface area contributed by atoms with Gasteiger partial charge in [-0.25, -0.2) is 9.69 Å². The van der Waals surface area contributed by atoms with Crippen LogP contribution in [0.2, 0.25) is 5.02 Å². The van der Waals surface area contributed by atoms with Crippen molar-refractivity contribution in [2.24, 2.45) is 0 Å². The lowest BCUT2D eigenvalue weighted by Crippen LogP contribution is -2.54. The molecule has 0 unspecified atom stereocenters. The highest BCUT2D eigenvalue weighted by molar-refractivity contribution is 9.10. The van der Waals surface area contributed by atoms with Crippen LogP contribution in [0.1, 0.15) is 16.7 Å². The number of hydrogen-bond acceptors (Lipinski definition) is 5. The van der Waals surface area contributed by atoms with Crippen LogP contribution in [0.15, 0.2) is 69.1 Å². The number of urea groups is 1. The molecule has 0 radical (unpaired) electrons. The summed E-state index contributed by atoms with van der Waals surface area (Å²) >= 11 is 12.9. The number of nitrogens with one attached hydrogen (secondary N) is 1. The molecule has 0 spiro atoms. The zero-order chi connectivity index (χ0) is 26.0. The van der Waals surface area contributed by atoms with E-state index in [1.807, 2.05) is 12.1 Å². The lowest BCUT2D eigenvalue weighted by molar-refractivity contribution is -0.122. The normalized spacial score (nSPS) is 14.8. The van der Waals surface area contributed by atoms with Gasteiger partial charge >= 0.3 is 6.03 Å². The molecule has 0 aliphatic carbocycles. The number of nitrogens with zero attached hydrogens (tertiary/aromatic N) is 1. The number of hydrogen-bond donors (Lipinski definition) is 1. The molecule has 7 nitrogen and oxygen atoms in total. The largest absolute Gasteiger partial charge is 0.493 e. The maximum absolute atomic E-state index is 13.3. The van der Waals surface area contributed by atoms with Crippen LogP contribution in [0.5, 0.6) is 11.5 Å². The number of anilines is 1. The topological polar surface area (TPSA) is 84.9 Å². The van der Waals surface area contributed by atoms with Gasteiger partial charge in [-0.05, 0) is 88.1 Å². The Morgan fingerprint density at radius 2 is 1.83 bits per heavy atom. The van der Waals surface area contributed by atoms with Crippen LogP contribution in [-0.2, 0) is 16.2 Å². The molecule has 10 heteroatoms. The van der Waals surface area contributed by atoms with Crippen LogP contribution in [0.25, 0.3) is 6.08 Å².